The Kier molecular flexibility index (Phi) is 4.90. The van der Waals surface area contributed by atoms with E-state index >= 15 is 0 Å². The summed E-state index contributed by atoms with van der Waals surface area (Å²) in [4.78, 5) is 12.3. The molecule has 0 atom stereocenters. The molecule has 0 bridgehead atoms. The van der Waals surface area contributed by atoms with E-state index in [2.05, 4.69) is 23.2 Å². The Morgan fingerprint density at radius 1 is 1.05 bits per heavy atom. The number of hydrogen-bond acceptors (Lipinski definition) is 2. The Hall–Kier alpha value is -1.90. The first-order chi connectivity index (χ1) is 9.25. The van der Waals surface area contributed by atoms with Gasteiger partial charge in [-0.1, -0.05) is 0 Å². The molecule has 0 spiro atoms. The minimum absolute atomic E-state index is 0.149. The van der Waals surface area contributed by atoms with E-state index in [9.17, 15) is 10.1 Å². The topological polar surface area (TPSA) is 43.1 Å². The third kappa shape index (κ3) is 4.36. The summed E-state index contributed by atoms with van der Waals surface area (Å²) in [5, 5.41) is 11.5. The first kappa shape index (κ1) is 13.5. The standard InChI is InChI=1S/C15H13NO2Se/c17-16(18)15-8-6-14(7-9-15)12-19-11-10-13-4-2-1-3-5-13/h1-11H,12H2/b11-10+. The Balaban J connectivity index is 1.86. The molecule has 3 nitrogen and oxygen atoms in total. The summed E-state index contributed by atoms with van der Waals surface area (Å²) in [6, 6.07) is 17.0. The molecule has 0 heterocycles. The van der Waals surface area contributed by atoms with Gasteiger partial charge in [0.25, 0.3) is 0 Å². The first-order valence-corrected chi connectivity index (χ1v) is 8.02. The van der Waals surface area contributed by atoms with E-state index in [1.54, 1.807) is 12.1 Å². The molecule has 0 aliphatic heterocycles. The van der Waals surface area contributed by atoms with E-state index in [-0.39, 0.29) is 10.6 Å². The van der Waals surface area contributed by atoms with Crippen LogP contribution in [0.1, 0.15) is 11.1 Å². The van der Waals surface area contributed by atoms with E-state index < -0.39 is 0 Å². The molecule has 0 aliphatic rings. The summed E-state index contributed by atoms with van der Waals surface area (Å²) in [7, 11) is 0. The van der Waals surface area contributed by atoms with Crippen LogP contribution in [0.15, 0.2) is 59.6 Å². The van der Waals surface area contributed by atoms with Crippen molar-refractivity contribution >= 4 is 26.7 Å². The molecule has 0 saturated carbocycles. The number of nitro benzene ring substituents is 1. The molecule has 19 heavy (non-hydrogen) atoms. The molecule has 0 fully saturated rings. The Labute approximate surface area is 118 Å². The maximum atomic E-state index is 10.5. The van der Waals surface area contributed by atoms with Crippen LogP contribution in [0.2, 0.25) is 0 Å². The van der Waals surface area contributed by atoms with Crippen LogP contribution in [0, 0.1) is 10.1 Å². The van der Waals surface area contributed by atoms with Gasteiger partial charge in [0.15, 0.2) is 0 Å². The molecular weight excluding hydrogens is 305 g/mol. The van der Waals surface area contributed by atoms with Crippen LogP contribution in [0.5, 0.6) is 0 Å². The van der Waals surface area contributed by atoms with Gasteiger partial charge < -0.3 is 0 Å². The Morgan fingerprint density at radius 3 is 2.37 bits per heavy atom. The molecule has 0 amide bonds. The number of hydrogen-bond donors (Lipinski definition) is 0. The third-order valence-electron chi connectivity index (χ3n) is 2.55. The fourth-order valence-corrected chi connectivity index (χ4v) is 3.09. The minimum atomic E-state index is -0.371. The van der Waals surface area contributed by atoms with Crippen molar-refractivity contribution in [1.82, 2.24) is 0 Å². The van der Waals surface area contributed by atoms with Gasteiger partial charge >= 0.3 is 118 Å². The van der Waals surface area contributed by atoms with Crippen molar-refractivity contribution in [2.24, 2.45) is 0 Å². The molecule has 0 aliphatic carbocycles. The van der Waals surface area contributed by atoms with Crippen LogP contribution < -0.4 is 0 Å². The SMILES string of the molecule is O=[N+]([O-])c1ccc(C[Se]/C=C/c2ccccc2)cc1. The average molecular weight is 318 g/mol. The summed E-state index contributed by atoms with van der Waals surface area (Å²) in [6.07, 6.45) is 2.12. The first-order valence-electron chi connectivity index (χ1n) is 5.82. The van der Waals surface area contributed by atoms with E-state index in [0.29, 0.717) is 15.0 Å². The second-order valence-corrected chi connectivity index (χ2v) is 5.82. The molecule has 2 rings (SSSR count). The Bertz CT molecular complexity index is 564. The Morgan fingerprint density at radius 2 is 1.74 bits per heavy atom. The van der Waals surface area contributed by atoms with Crippen molar-refractivity contribution in [3.8, 4) is 0 Å². The van der Waals surface area contributed by atoms with Crippen LogP contribution in [0.25, 0.3) is 6.08 Å². The maximum absolute atomic E-state index is 10.5. The van der Waals surface area contributed by atoms with Crippen molar-refractivity contribution in [2.75, 3.05) is 0 Å². The van der Waals surface area contributed by atoms with Crippen molar-refractivity contribution in [1.29, 1.82) is 0 Å². The number of rotatable bonds is 5. The molecule has 4 heteroatoms. The second kappa shape index (κ2) is 6.88. The van der Waals surface area contributed by atoms with Crippen molar-refractivity contribution in [2.45, 2.75) is 5.32 Å². The van der Waals surface area contributed by atoms with Crippen LogP contribution in [0.3, 0.4) is 0 Å². The number of nitro groups is 1. The van der Waals surface area contributed by atoms with Gasteiger partial charge in [-0.25, -0.2) is 0 Å². The van der Waals surface area contributed by atoms with E-state index in [1.165, 1.54) is 5.56 Å². The van der Waals surface area contributed by atoms with Gasteiger partial charge in [-0.2, -0.15) is 0 Å². The predicted molar refractivity (Wildman–Crippen MR) is 78.0 cm³/mol. The van der Waals surface area contributed by atoms with Crippen LogP contribution in [0.4, 0.5) is 5.69 Å². The molecule has 0 unspecified atom stereocenters. The molecule has 0 aromatic heterocycles. The zero-order chi connectivity index (χ0) is 13.5. The van der Waals surface area contributed by atoms with E-state index in [1.807, 2.05) is 30.3 Å². The van der Waals surface area contributed by atoms with Crippen LogP contribution in [-0.2, 0) is 5.32 Å². The van der Waals surface area contributed by atoms with Gasteiger partial charge in [0.1, 0.15) is 0 Å². The van der Waals surface area contributed by atoms with Gasteiger partial charge in [-0.3, -0.25) is 0 Å². The monoisotopic (exact) mass is 319 g/mol. The second-order valence-electron chi connectivity index (χ2n) is 3.95. The zero-order valence-electron chi connectivity index (χ0n) is 10.2. The molecule has 0 N–H and O–H groups in total. The van der Waals surface area contributed by atoms with Gasteiger partial charge in [-0.15, -0.1) is 0 Å². The number of non-ortho nitro benzene ring substituents is 1. The summed E-state index contributed by atoms with van der Waals surface area (Å²) in [5.74, 6) is 0. The summed E-state index contributed by atoms with van der Waals surface area (Å²) < 4.78 is 0. The van der Waals surface area contributed by atoms with Gasteiger partial charge in [-0.05, 0) is 0 Å². The fraction of sp³-hybridized carbons (Fsp3) is 0.0667. The van der Waals surface area contributed by atoms with Crippen LogP contribution >= 0.6 is 0 Å². The van der Waals surface area contributed by atoms with Crippen molar-refractivity contribution in [3.63, 3.8) is 0 Å². The summed E-state index contributed by atoms with van der Waals surface area (Å²) in [6.45, 7) is 0. The van der Waals surface area contributed by atoms with Crippen molar-refractivity contribution in [3.05, 3.63) is 80.8 Å². The summed E-state index contributed by atoms with van der Waals surface area (Å²) >= 11 is 0.367. The zero-order valence-corrected chi connectivity index (χ0v) is 11.9. The third-order valence-corrected chi connectivity index (χ3v) is 4.29. The van der Waals surface area contributed by atoms with E-state index in [0.717, 1.165) is 10.9 Å². The summed E-state index contributed by atoms with van der Waals surface area (Å²) in [5.41, 5.74) is 2.49. The fourth-order valence-electron chi connectivity index (χ4n) is 1.55. The van der Waals surface area contributed by atoms with Crippen LogP contribution in [-0.4, -0.2) is 19.9 Å². The quantitative estimate of drug-likeness (QED) is 0.481. The molecule has 2 aromatic rings. The molecule has 0 saturated heterocycles. The molecular formula is C15H13NO2Se. The van der Waals surface area contributed by atoms with Gasteiger partial charge in [0.05, 0.1) is 0 Å². The predicted octanol–water partition coefficient (Wildman–Crippen LogP) is 3.47. The molecule has 0 radical (unpaired) electrons. The van der Waals surface area contributed by atoms with Gasteiger partial charge in [0.2, 0.25) is 0 Å². The van der Waals surface area contributed by atoms with Crippen molar-refractivity contribution < 1.29 is 4.92 Å². The molecule has 96 valence electrons. The average Bonchev–Trinajstić information content (AvgIpc) is 2.45. The van der Waals surface area contributed by atoms with Gasteiger partial charge in [0, 0.05) is 0 Å². The number of nitrogens with zero attached hydrogens (tertiary/aromatic N) is 1. The molecule has 2 aromatic carbocycles. The normalized spacial score (nSPS) is 10.7. The van der Waals surface area contributed by atoms with E-state index in [4.69, 9.17) is 0 Å². The number of benzene rings is 2.